The number of hydrogen-bond donors (Lipinski definition) is 0. The summed E-state index contributed by atoms with van der Waals surface area (Å²) in [7, 11) is -1.19. The molecule has 177 valence electrons. The number of para-hydroxylation sites is 1. The van der Waals surface area contributed by atoms with Crippen LogP contribution in [-0.4, -0.2) is 12.6 Å². The molecule has 3 aromatic carbocycles. The third-order valence-electron chi connectivity index (χ3n) is 8.33. The maximum atomic E-state index is 2.52. The van der Waals surface area contributed by atoms with Crippen LogP contribution in [0.1, 0.15) is 51.1 Å². The van der Waals surface area contributed by atoms with E-state index in [1.54, 1.807) is 41.1 Å². The van der Waals surface area contributed by atoms with Crippen LogP contribution in [0.5, 0.6) is 0 Å². The molecule has 0 fully saturated rings. The van der Waals surface area contributed by atoms with Gasteiger partial charge in [0.05, 0.1) is 8.07 Å². The van der Waals surface area contributed by atoms with E-state index >= 15 is 0 Å². The molecule has 2 aliphatic carbocycles. The number of aryl methyl sites for hydroxylation is 1. The van der Waals surface area contributed by atoms with E-state index in [1.165, 1.54) is 44.9 Å². The van der Waals surface area contributed by atoms with Crippen LogP contribution in [0.3, 0.4) is 0 Å². The van der Waals surface area contributed by atoms with Gasteiger partial charge in [0.15, 0.2) is 0 Å². The van der Waals surface area contributed by atoms with Crippen LogP contribution in [0.15, 0.2) is 96.1 Å². The molecule has 4 aromatic rings. The van der Waals surface area contributed by atoms with Gasteiger partial charge in [-0.1, -0.05) is 36.9 Å². The number of benzene rings is 3. The molecular weight excluding hydrogens is 530 g/mol. The van der Waals surface area contributed by atoms with Crippen molar-refractivity contribution in [2.24, 2.45) is 0 Å². The fourth-order valence-corrected chi connectivity index (χ4v) is 12.0. The zero-order valence-corrected chi connectivity index (χ0v) is 25.2. The van der Waals surface area contributed by atoms with Gasteiger partial charge in [0, 0.05) is 22.6 Å². The molecule has 0 N–H and O–H groups in total. The van der Waals surface area contributed by atoms with Gasteiger partial charge in [-0.05, 0) is 42.8 Å². The summed E-state index contributed by atoms with van der Waals surface area (Å²) in [5.41, 5.74) is 15.3. The molecule has 0 radical (unpaired) electrons. The second kappa shape index (κ2) is 8.82. The predicted molar refractivity (Wildman–Crippen MR) is 152 cm³/mol. The summed E-state index contributed by atoms with van der Waals surface area (Å²) in [6, 6.07) is 30.5. The van der Waals surface area contributed by atoms with Gasteiger partial charge >= 0.3 is 118 Å². The van der Waals surface area contributed by atoms with Gasteiger partial charge in [-0.15, -0.1) is 0 Å². The van der Waals surface area contributed by atoms with Crippen LogP contribution in [0, 0.1) is 6.92 Å². The summed E-state index contributed by atoms with van der Waals surface area (Å²) in [6.45, 7) is 11.8. The average molecular weight is 562 g/mol. The van der Waals surface area contributed by atoms with Gasteiger partial charge in [-0.3, -0.25) is 0 Å². The van der Waals surface area contributed by atoms with Gasteiger partial charge in [0.1, 0.15) is 0 Å². The van der Waals surface area contributed by atoms with Crippen molar-refractivity contribution < 1.29 is 24.7 Å². The summed E-state index contributed by atoms with van der Waals surface area (Å²) >= 11 is 1.58. The molecule has 3 heteroatoms. The van der Waals surface area contributed by atoms with Crippen LogP contribution in [0.25, 0.3) is 28.1 Å². The number of hydrogen-bond acceptors (Lipinski definition) is 0. The van der Waals surface area contributed by atoms with Crippen molar-refractivity contribution >= 4 is 19.3 Å². The summed E-state index contributed by atoms with van der Waals surface area (Å²) < 4.78 is 3.12. The molecule has 2 aliphatic heterocycles. The molecule has 0 spiro atoms. The zero-order valence-electron chi connectivity index (χ0n) is 21.8. The van der Waals surface area contributed by atoms with Crippen molar-refractivity contribution in [1.82, 2.24) is 4.57 Å². The molecule has 4 aliphatic rings. The van der Waals surface area contributed by atoms with Crippen molar-refractivity contribution in [3.8, 4) is 16.8 Å². The maximum absolute atomic E-state index is 2.52. The van der Waals surface area contributed by atoms with E-state index in [0.717, 1.165) is 5.54 Å². The van der Waals surface area contributed by atoms with E-state index in [2.05, 4.69) is 129 Å². The molecule has 36 heavy (non-hydrogen) atoms. The van der Waals surface area contributed by atoms with Gasteiger partial charge in [-0.2, -0.15) is 0 Å². The fraction of sp³-hybridized carbons (Fsp3) is 0.212. The number of fused-ring (bicyclic) bond motifs is 1. The second-order valence-electron chi connectivity index (χ2n) is 11.0. The van der Waals surface area contributed by atoms with Crippen molar-refractivity contribution in [2.45, 2.75) is 43.0 Å². The van der Waals surface area contributed by atoms with Crippen LogP contribution < -0.4 is 0 Å². The van der Waals surface area contributed by atoms with E-state index < -0.39 is 8.07 Å². The molecular formula is C33H32NSiZr. The molecule has 2 unspecified atom stereocenters. The summed E-state index contributed by atoms with van der Waals surface area (Å²) in [5, 5.41) is 1.71. The molecule has 3 heterocycles. The first-order chi connectivity index (χ1) is 17.3. The van der Waals surface area contributed by atoms with Crippen molar-refractivity contribution in [2.75, 3.05) is 0 Å². The van der Waals surface area contributed by atoms with E-state index in [0.29, 0.717) is 3.63 Å². The van der Waals surface area contributed by atoms with Crippen molar-refractivity contribution in [3.63, 3.8) is 0 Å². The molecule has 1 aromatic heterocycles. The molecule has 0 saturated carbocycles. The van der Waals surface area contributed by atoms with E-state index in [4.69, 9.17) is 0 Å². The fourth-order valence-electron chi connectivity index (χ4n) is 6.85. The van der Waals surface area contributed by atoms with Gasteiger partial charge in [0.2, 0.25) is 0 Å². The SMILES string of the molecule is CC1=C2c3c(cc(C)n3-c3ccccc3)C1[Si]2(C)C.CC1=Cc2c(-c3ccccc3)cccc2[CH]1[Zr]. The van der Waals surface area contributed by atoms with Crippen molar-refractivity contribution in [1.29, 1.82) is 0 Å². The van der Waals surface area contributed by atoms with Crippen LogP contribution in [0.4, 0.5) is 0 Å². The molecule has 2 bridgehead atoms. The third kappa shape index (κ3) is 3.51. The Balaban J connectivity index is 0.000000134. The Kier molecular flexibility index (Phi) is 5.85. The van der Waals surface area contributed by atoms with Gasteiger partial charge in [0.25, 0.3) is 0 Å². The monoisotopic (exact) mass is 560 g/mol. The third-order valence-corrected chi connectivity index (χ3v) is 14.3. The predicted octanol–water partition coefficient (Wildman–Crippen LogP) is 8.82. The Hall–Kier alpha value is -2.48. The van der Waals surface area contributed by atoms with E-state index in [-0.39, 0.29) is 0 Å². The standard InChI is InChI=1S/C17H19NSi.C16H13.Zr/c1-11-10-14-15(17-12(2)16(14)19(17,3)4)18(11)13-8-6-5-7-9-13;1-12-10-14-8-5-9-15(16(14)11-12)13-6-3-2-4-7-13;/h5-10,16H,1-4H3;2-11H,1H3;. The van der Waals surface area contributed by atoms with Crippen LogP contribution in [0.2, 0.25) is 13.1 Å². The summed E-state index contributed by atoms with van der Waals surface area (Å²) in [6.07, 6.45) is 2.36. The molecule has 0 saturated heterocycles. The topological polar surface area (TPSA) is 4.93 Å². The van der Waals surface area contributed by atoms with Crippen molar-refractivity contribution in [3.05, 3.63) is 124 Å². The number of rotatable bonds is 2. The first kappa shape index (κ1) is 23.9. The Morgan fingerprint density at radius 1 is 0.778 bits per heavy atom. The second-order valence-corrected chi connectivity index (χ2v) is 16.9. The normalized spacial score (nSPS) is 20.2. The molecule has 0 amide bonds. The van der Waals surface area contributed by atoms with Crippen LogP contribution in [-0.2, 0) is 24.7 Å². The average Bonchev–Trinajstić information content (AvgIpc) is 3.53. The first-order valence-corrected chi connectivity index (χ1v) is 17.4. The summed E-state index contributed by atoms with van der Waals surface area (Å²) in [4.78, 5) is 0. The summed E-state index contributed by atoms with van der Waals surface area (Å²) in [5.74, 6) is 0. The Bertz CT molecular complexity index is 1540. The Morgan fingerprint density at radius 2 is 1.44 bits per heavy atom. The zero-order chi connectivity index (χ0) is 25.2. The molecule has 2 atom stereocenters. The molecule has 1 nitrogen and oxygen atoms in total. The van der Waals surface area contributed by atoms with E-state index in [1.807, 2.05) is 0 Å². The number of nitrogens with zero attached hydrogens (tertiary/aromatic N) is 1. The minimum absolute atomic E-state index is 0.654. The van der Waals surface area contributed by atoms with Gasteiger partial charge in [-0.25, -0.2) is 0 Å². The number of aromatic nitrogens is 1. The first-order valence-electron chi connectivity index (χ1n) is 12.9. The molecule has 8 rings (SSSR count). The Morgan fingerprint density at radius 3 is 2.11 bits per heavy atom. The Labute approximate surface area is 231 Å². The van der Waals surface area contributed by atoms with Crippen LogP contribution >= 0.6 is 0 Å². The minimum atomic E-state index is -1.19. The quantitative estimate of drug-likeness (QED) is 0.216. The van der Waals surface area contributed by atoms with Gasteiger partial charge < -0.3 is 4.57 Å². The number of allylic oxidation sites excluding steroid dienone is 2. The van der Waals surface area contributed by atoms with E-state index in [9.17, 15) is 0 Å².